The zero-order valence-corrected chi connectivity index (χ0v) is 9.89. The largest absolute Gasteiger partial charge is 0.444 e. The third kappa shape index (κ3) is 6.63. The van der Waals surface area contributed by atoms with Gasteiger partial charge >= 0.3 is 6.09 Å². The number of carbonyl (C=O) groups is 1. The summed E-state index contributed by atoms with van der Waals surface area (Å²) in [6.07, 6.45) is 0.680. The summed E-state index contributed by atoms with van der Waals surface area (Å²) in [4.78, 5) is 12.9. The lowest BCUT2D eigenvalue weighted by Crippen LogP contribution is -2.34. The molecule has 13 heavy (non-hydrogen) atoms. The maximum atomic E-state index is 11.4. The minimum atomic E-state index is -0.403. The van der Waals surface area contributed by atoms with Gasteiger partial charge in [-0.3, -0.25) is 0 Å². The third-order valence-corrected chi connectivity index (χ3v) is 1.73. The molecule has 0 aliphatic rings. The Kier molecular flexibility index (Phi) is 5.06. The second-order valence-electron chi connectivity index (χ2n) is 4.01. The second kappa shape index (κ2) is 5.27. The molecular weight excluding hydrogens is 182 g/mol. The van der Waals surface area contributed by atoms with Gasteiger partial charge < -0.3 is 9.64 Å². The van der Waals surface area contributed by atoms with Gasteiger partial charge in [-0.25, -0.2) is 4.79 Å². The van der Waals surface area contributed by atoms with Crippen molar-refractivity contribution >= 4 is 16.3 Å². The van der Waals surface area contributed by atoms with Gasteiger partial charge in [0.25, 0.3) is 0 Å². The molecule has 0 saturated heterocycles. The molecule has 0 saturated carbocycles. The predicted molar refractivity (Wildman–Crippen MR) is 54.0 cm³/mol. The first-order valence-corrected chi connectivity index (χ1v) is 5.16. The van der Waals surface area contributed by atoms with Gasteiger partial charge in [-0.1, -0.05) is 6.04 Å². The molecule has 0 aliphatic carbocycles. The van der Waals surface area contributed by atoms with Crippen LogP contribution in [0.4, 0.5) is 4.79 Å². The maximum Gasteiger partial charge on any atom is 0.410 e. The monoisotopic (exact) mass is 200 g/mol. The number of carbonyl (C=O) groups excluding carboxylic acids is 1. The topological polar surface area (TPSA) is 29.5 Å². The lowest BCUT2D eigenvalue weighted by molar-refractivity contribution is 0.0299. The van der Waals surface area contributed by atoms with Crippen LogP contribution in [0.3, 0.4) is 0 Å². The summed E-state index contributed by atoms with van der Waals surface area (Å²) in [7, 11) is 5.10. The smallest absolute Gasteiger partial charge is 0.410 e. The summed E-state index contributed by atoms with van der Waals surface area (Å²) in [5, 5.41) is 0. The summed E-state index contributed by atoms with van der Waals surface area (Å²) in [5.41, 5.74) is -0.403. The Morgan fingerprint density at radius 3 is 2.38 bits per heavy atom. The molecule has 0 unspecified atom stereocenters. The average Bonchev–Trinajstić information content (AvgIpc) is 1.96. The quantitative estimate of drug-likeness (QED) is 0.650. The zero-order valence-electron chi connectivity index (χ0n) is 8.89. The van der Waals surface area contributed by atoms with Gasteiger partial charge in [-0.2, -0.15) is 0 Å². The molecule has 0 fully saturated rings. The summed E-state index contributed by atoms with van der Waals surface area (Å²) in [6, 6.07) is 0.896. The van der Waals surface area contributed by atoms with Crippen molar-refractivity contribution in [2.75, 3.05) is 13.6 Å². The minimum Gasteiger partial charge on any atom is -0.444 e. The number of ether oxygens (including phenoxy) is 1. The van der Waals surface area contributed by atoms with E-state index in [4.69, 9.17) is 4.74 Å². The second-order valence-corrected chi connectivity index (χ2v) is 4.51. The van der Waals surface area contributed by atoms with Crippen molar-refractivity contribution in [1.29, 1.82) is 0 Å². The van der Waals surface area contributed by atoms with Crippen LogP contribution in [-0.4, -0.2) is 40.4 Å². The fraction of sp³-hybridized carbons (Fsp3) is 0.889. The van der Waals surface area contributed by atoms with E-state index in [9.17, 15) is 4.79 Å². The number of rotatable bonds is 3. The molecule has 0 aromatic carbocycles. The fourth-order valence-corrected chi connectivity index (χ4v) is 0.905. The Balaban J connectivity index is 3.83. The molecule has 4 heteroatoms. The summed E-state index contributed by atoms with van der Waals surface area (Å²) < 4.78 is 5.17. The molecule has 0 N–H and O–H groups in total. The maximum absolute atomic E-state index is 11.4. The van der Waals surface area contributed by atoms with Gasteiger partial charge in [0.2, 0.25) is 0 Å². The summed E-state index contributed by atoms with van der Waals surface area (Å²) in [6.45, 7) is 6.31. The molecule has 75 valence electrons. The van der Waals surface area contributed by atoms with E-state index < -0.39 is 5.60 Å². The molecule has 0 rings (SSSR count). The molecule has 0 aromatic rings. The van der Waals surface area contributed by atoms with Crippen molar-refractivity contribution in [3.8, 4) is 0 Å². The molecule has 0 heterocycles. The molecule has 1 amide bonds. The van der Waals surface area contributed by atoms with Crippen LogP contribution in [0.2, 0.25) is 6.04 Å². The van der Waals surface area contributed by atoms with Gasteiger partial charge in [0.05, 0.1) is 0 Å². The van der Waals surface area contributed by atoms with E-state index in [2.05, 4.69) is 10.2 Å². The van der Waals surface area contributed by atoms with E-state index in [0.29, 0.717) is 0 Å². The van der Waals surface area contributed by atoms with Gasteiger partial charge in [-0.05, 0) is 27.2 Å². The van der Waals surface area contributed by atoms with Crippen LogP contribution in [0, 0.1) is 0 Å². The van der Waals surface area contributed by atoms with Crippen LogP contribution in [0.1, 0.15) is 27.2 Å². The third-order valence-electron chi connectivity index (χ3n) is 1.38. The van der Waals surface area contributed by atoms with E-state index in [1.54, 1.807) is 11.9 Å². The van der Waals surface area contributed by atoms with Crippen LogP contribution in [-0.2, 0) is 4.74 Å². The molecule has 0 aromatic heterocycles. The van der Waals surface area contributed by atoms with E-state index in [0.717, 1.165) is 19.0 Å². The molecule has 3 nitrogen and oxygen atoms in total. The molecule has 3 radical (unpaired) electrons. The molecule has 0 aliphatic heterocycles. The number of hydrogen-bond acceptors (Lipinski definition) is 2. The normalized spacial score (nSPS) is 11.2. The van der Waals surface area contributed by atoms with Crippen molar-refractivity contribution < 1.29 is 9.53 Å². The highest BCUT2D eigenvalue weighted by Gasteiger charge is 2.18. The first kappa shape index (κ1) is 12.5. The SMILES string of the molecule is CN(CCC[Si])C(=O)OC(C)(C)C. The van der Waals surface area contributed by atoms with Gasteiger partial charge in [0.15, 0.2) is 0 Å². The lowest BCUT2D eigenvalue weighted by Gasteiger charge is -2.24. The van der Waals surface area contributed by atoms with Crippen LogP contribution >= 0.6 is 0 Å². The van der Waals surface area contributed by atoms with Crippen molar-refractivity contribution in [1.82, 2.24) is 4.90 Å². The van der Waals surface area contributed by atoms with Gasteiger partial charge in [-0.15, -0.1) is 0 Å². The van der Waals surface area contributed by atoms with Crippen molar-refractivity contribution in [2.24, 2.45) is 0 Å². The Hall–Kier alpha value is -0.513. The minimum absolute atomic E-state index is 0.257. The highest BCUT2D eigenvalue weighted by atomic mass is 28.1. The molecular formula is C9H18NO2Si. The van der Waals surface area contributed by atoms with Crippen LogP contribution in [0.15, 0.2) is 0 Å². The Morgan fingerprint density at radius 1 is 1.46 bits per heavy atom. The van der Waals surface area contributed by atoms with Crippen molar-refractivity contribution in [2.45, 2.75) is 38.8 Å². The van der Waals surface area contributed by atoms with Crippen LogP contribution < -0.4 is 0 Å². The van der Waals surface area contributed by atoms with Crippen LogP contribution in [0.25, 0.3) is 0 Å². The Labute approximate surface area is 83.9 Å². The molecule has 0 atom stereocenters. The van der Waals surface area contributed by atoms with Gasteiger partial charge in [0.1, 0.15) is 5.60 Å². The van der Waals surface area contributed by atoms with Crippen molar-refractivity contribution in [3.63, 3.8) is 0 Å². The first-order chi connectivity index (χ1) is 5.87. The highest BCUT2D eigenvalue weighted by Crippen LogP contribution is 2.09. The lowest BCUT2D eigenvalue weighted by atomic mass is 10.2. The van der Waals surface area contributed by atoms with Crippen LogP contribution in [0.5, 0.6) is 0 Å². The molecule has 0 bridgehead atoms. The standard InChI is InChI=1S/C9H18NO2Si/c1-9(2,3)12-8(11)10(4)6-5-7-13/h5-7H2,1-4H3. The zero-order chi connectivity index (χ0) is 10.5. The van der Waals surface area contributed by atoms with E-state index in [1.165, 1.54) is 0 Å². The summed E-state index contributed by atoms with van der Waals surface area (Å²) in [5.74, 6) is 0. The summed E-state index contributed by atoms with van der Waals surface area (Å²) >= 11 is 0. The van der Waals surface area contributed by atoms with E-state index >= 15 is 0 Å². The van der Waals surface area contributed by atoms with E-state index in [-0.39, 0.29) is 6.09 Å². The first-order valence-electron chi connectivity index (χ1n) is 4.45. The van der Waals surface area contributed by atoms with Gasteiger partial charge in [0, 0.05) is 23.8 Å². The van der Waals surface area contributed by atoms with Crippen molar-refractivity contribution in [3.05, 3.63) is 0 Å². The molecule has 0 spiro atoms. The Morgan fingerprint density at radius 2 is 2.00 bits per heavy atom. The van der Waals surface area contributed by atoms with E-state index in [1.807, 2.05) is 20.8 Å². The highest BCUT2D eigenvalue weighted by molar-refractivity contribution is 6.08. The average molecular weight is 200 g/mol. The predicted octanol–water partition coefficient (Wildman–Crippen LogP) is 1.83. The number of hydrogen-bond donors (Lipinski definition) is 0. The fourth-order valence-electron chi connectivity index (χ4n) is 0.747. The number of amides is 1. The Bertz CT molecular complexity index is 165. The number of nitrogens with zero attached hydrogens (tertiary/aromatic N) is 1.